The highest BCUT2D eigenvalue weighted by atomic mass is 14.9. The van der Waals surface area contributed by atoms with E-state index in [0.717, 1.165) is 5.69 Å². The standard InChI is InChI=1S/C16H17N/c1-4-16-15(10-11-17(16)3)12-13(2)14-8-6-5-7-9-14/h4-12H,1H2,2-3H3/b13-12+. The predicted octanol–water partition coefficient (Wildman–Crippen LogP) is 4.23. The van der Waals surface area contributed by atoms with Gasteiger partial charge in [-0.25, -0.2) is 0 Å². The van der Waals surface area contributed by atoms with Gasteiger partial charge in [-0.15, -0.1) is 0 Å². The zero-order valence-corrected chi connectivity index (χ0v) is 10.4. The van der Waals surface area contributed by atoms with Crippen molar-refractivity contribution in [1.29, 1.82) is 0 Å². The minimum absolute atomic E-state index is 1.15. The first-order valence-electron chi connectivity index (χ1n) is 5.74. The molecule has 1 nitrogen and oxygen atoms in total. The molecule has 1 heterocycles. The minimum Gasteiger partial charge on any atom is -0.351 e. The summed E-state index contributed by atoms with van der Waals surface area (Å²) in [4.78, 5) is 0. The normalized spacial score (nSPS) is 11.5. The average molecular weight is 223 g/mol. The molecule has 2 rings (SSSR count). The Morgan fingerprint density at radius 1 is 1.18 bits per heavy atom. The fourth-order valence-corrected chi connectivity index (χ4v) is 1.96. The molecule has 0 aliphatic rings. The fourth-order valence-electron chi connectivity index (χ4n) is 1.96. The molecule has 1 heteroatoms. The third kappa shape index (κ3) is 2.39. The molecule has 0 atom stereocenters. The van der Waals surface area contributed by atoms with E-state index < -0.39 is 0 Å². The first kappa shape index (κ1) is 11.5. The summed E-state index contributed by atoms with van der Waals surface area (Å²) in [7, 11) is 2.03. The summed E-state index contributed by atoms with van der Waals surface area (Å²) >= 11 is 0. The first-order valence-corrected chi connectivity index (χ1v) is 5.74. The van der Waals surface area contributed by atoms with E-state index in [1.807, 2.05) is 19.2 Å². The average Bonchev–Trinajstić information content (AvgIpc) is 2.71. The molecular formula is C16H17N. The Morgan fingerprint density at radius 2 is 1.88 bits per heavy atom. The van der Waals surface area contributed by atoms with Gasteiger partial charge in [0.1, 0.15) is 0 Å². The molecule has 0 bridgehead atoms. The van der Waals surface area contributed by atoms with E-state index in [1.54, 1.807) is 0 Å². The van der Waals surface area contributed by atoms with E-state index in [1.165, 1.54) is 16.7 Å². The van der Waals surface area contributed by atoms with Crippen molar-refractivity contribution in [2.45, 2.75) is 6.92 Å². The summed E-state index contributed by atoms with van der Waals surface area (Å²) < 4.78 is 2.08. The van der Waals surface area contributed by atoms with E-state index in [9.17, 15) is 0 Å². The largest absolute Gasteiger partial charge is 0.351 e. The van der Waals surface area contributed by atoms with Crippen LogP contribution in [-0.4, -0.2) is 4.57 Å². The smallest absolute Gasteiger partial charge is 0.0471 e. The molecule has 0 saturated carbocycles. The molecule has 0 aliphatic heterocycles. The summed E-state index contributed by atoms with van der Waals surface area (Å²) in [5.41, 5.74) is 4.88. The van der Waals surface area contributed by atoms with Crippen LogP contribution < -0.4 is 0 Å². The second kappa shape index (κ2) is 4.88. The van der Waals surface area contributed by atoms with Crippen LogP contribution in [0.3, 0.4) is 0 Å². The lowest BCUT2D eigenvalue weighted by Gasteiger charge is -2.02. The van der Waals surface area contributed by atoms with Crippen LogP contribution in [0.25, 0.3) is 17.7 Å². The SMILES string of the molecule is C=Cc1c(/C=C(\C)c2ccccc2)ccn1C. The number of nitrogens with zero attached hydrogens (tertiary/aromatic N) is 1. The molecule has 0 amide bonds. The quantitative estimate of drug-likeness (QED) is 0.734. The molecule has 0 unspecified atom stereocenters. The summed E-state index contributed by atoms with van der Waals surface area (Å²) in [6, 6.07) is 12.5. The number of allylic oxidation sites excluding steroid dienone is 1. The van der Waals surface area contributed by atoms with Crippen molar-refractivity contribution in [3.63, 3.8) is 0 Å². The molecule has 1 aromatic carbocycles. The monoisotopic (exact) mass is 223 g/mol. The summed E-state index contributed by atoms with van der Waals surface area (Å²) in [6.45, 7) is 5.99. The lowest BCUT2D eigenvalue weighted by atomic mass is 10.0. The number of rotatable bonds is 3. The van der Waals surface area contributed by atoms with E-state index >= 15 is 0 Å². The van der Waals surface area contributed by atoms with Gasteiger partial charge in [-0.05, 0) is 41.8 Å². The number of aromatic nitrogens is 1. The second-order valence-electron chi connectivity index (χ2n) is 4.16. The van der Waals surface area contributed by atoms with Gasteiger partial charge < -0.3 is 4.57 Å². The molecule has 1 aromatic heterocycles. The maximum absolute atomic E-state index is 3.85. The molecule has 0 aliphatic carbocycles. The van der Waals surface area contributed by atoms with Crippen molar-refractivity contribution in [3.8, 4) is 0 Å². The van der Waals surface area contributed by atoms with E-state index in [4.69, 9.17) is 0 Å². The highest BCUT2D eigenvalue weighted by molar-refractivity contribution is 5.82. The van der Waals surface area contributed by atoms with Gasteiger partial charge in [0.15, 0.2) is 0 Å². The van der Waals surface area contributed by atoms with Gasteiger partial charge in [0.05, 0.1) is 0 Å². The van der Waals surface area contributed by atoms with Crippen molar-refractivity contribution in [2.75, 3.05) is 0 Å². The summed E-state index contributed by atoms with van der Waals surface area (Å²) in [5.74, 6) is 0. The van der Waals surface area contributed by atoms with Crippen LogP contribution in [0.4, 0.5) is 0 Å². The van der Waals surface area contributed by atoms with E-state index in [-0.39, 0.29) is 0 Å². The van der Waals surface area contributed by atoms with Crippen LogP contribution in [0.15, 0.2) is 49.2 Å². The van der Waals surface area contributed by atoms with Crippen molar-refractivity contribution >= 4 is 17.7 Å². The molecule has 17 heavy (non-hydrogen) atoms. The van der Waals surface area contributed by atoms with Crippen LogP contribution in [0.5, 0.6) is 0 Å². The van der Waals surface area contributed by atoms with Gasteiger partial charge >= 0.3 is 0 Å². The van der Waals surface area contributed by atoms with Gasteiger partial charge in [0, 0.05) is 18.9 Å². The highest BCUT2D eigenvalue weighted by Crippen LogP contribution is 2.20. The van der Waals surface area contributed by atoms with Crippen LogP contribution in [0.2, 0.25) is 0 Å². The molecule has 0 N–H and O–H groups in total. The van der Waals surface area contributed by atoms with Crippen molar-refractivity contribution in [2.24, 2.45) is 7.05 Å². The third-order valence-corrected chi connectivity index (χ3v) is 2.95. The number of benzene rings is 1. The van der Waals surface area contributed by atoms with Crippen molar-refractivity contribution in [1.82, 2.24) is 4.57 Å². The number of hydrogen-bond acceptors (Lipinski definition) is 0. The maximum Gasteiger partial charge on any atom is 0.0471 e. The highest BCUT2D eigenvalue weighted by Gasteiger charge is 2.02. The Hall–Kier alpha value is -2.02. The molecule has 0 spiro atoms. The van der Waals surface area contributed by atoms with Crippen molar-refractivity contribution < 1.29 is 0 Å². The molecule has 86 valence electrons. The number of aryl methyl sites for hydroxylation is 1. The lowest BCUT2D eigenvalue weighted by molar-refractivity contribution is 0.914. The Kier molecular flexibility index (Phi) is 3.29. The zero-order valence-electron chi connectivity index (χ0n) is 10.4. The van der Waals surface area contributed by atoms with E-state index in [0.29, 0.717) is 0 Å². The summed E-state index contributed by atoms with van der Waals surface area (Å²) in [5, 5.41) is 0. The van der Waals surface area contributed by atoms with Crippen LogP contribution in [0.1, 0.15) is 23.7 Å². The Morgan fingerprint density at radius 3 is 2.53 bits per heavy atom. The first-order chi connectivity index (χ1) is 8.22. The second-order valence-corrected chi connectivity index (χ2v) is 4.16. The molecular weight excluding hydrogens is 206 g/mol. The predicted molar refractivity (Wildman–Crippen MR) is 75.5 cm³/mol. The van der Waals surface area contributed by atoms with Gasteiger partial charge in [-0.3, -0.25) is 0 Å². The minimum atomic E-state index is 1.15. The van der Waals surface area contributed by atoms with Gasteiger partial charge in [-0.2, -0.15) is 0 Å². The third-order valence-electron chi connectivity index (χ3n) is 2.95. The van der Waals surface area contributed by atoms with Gasteiger partial charge in [0.25, 0.3) is 0 Å². The van der Waals surface area contributed by atoms with Crippen molar-refractivity contribution in [3.05, 3.63) is 66.0 Å². The summed E-state index contributed by atoms with van der Waals surface area (Å²) in [6.07, 6.45) is 6.15. The molecule has 0 radical (unpaired) electrons. The fraction of sp³-hybridized carbons (Fsp3) is 0.125. The Bertz CT molecular complexity index is 544. The maximum atomic E-state index is 3.85. The van der Waals surface area contributed by atoms with Crippen LogP contribution in [0, 0.1) is 0 Å². The zero-order chi connectivity index (χ0) is 12.3. The Balaban J connectivity index is 2.39. The van der Waals surface area contributed by atoms with Gasteiger partial charge in [0.2, 0.25) is 0 Å². The number of hydrogen-bond donors (Lipinski definition) is 0. The van der Waals surface area contributed by atoms with Crippen LogP contribution in [-0.2, 0) is 7.05 Å². The lowest BCUT2D eigenvalue weighted by Crippen LogP contribution is -1.89. The van der Waals surface area contributed by atoms with Gasteiger partial charge in [-0.1, -0.05) is 36.9 Å². The van der Waals surface area contributed by atoms with Crippen LogP contribution >= 0.6 is 0 Å². The molecule has 2 aromatic rings. The molecule has 0 saturated heterocycles. The molecule has 0 fully saturated rings. The van der Waals surface area contributed by atoms with E-state index in [2.05, 4.69) is 60.7 Å². The topological polar surface area (TPSA) is 4.93 Å². The Labute approximate surface area is 103 Å².